The monoisotopic (exact) mass is 430 g/mol. The second-order valence-corrected chi connectivity index (χ2v) is 7.75. The Hall–Kier alpha value is -4.05. The zero-order valence-electron chi connectivity index (χ0n) is 16.3. The second kappa shape index (κ2) is 7.65. The number of pyridine rings is 2. The molecule has 10 heteroatoms. The summed E-state index contributed by atoms with van der Waals surface area (Å²) < 4.78 is 13.5. The number of aromatic amines is 2. The van der Waals surface area contributed by atoms with Gasteiger partial charge in [-0.05, 0) is 37.4 Å². The van der Waals surface area contributed by atoms with E-state index in [2.05, 4.69) is 41.9 Å². The van der Waals surface area contributed by atoms with Gasteiger partial charge in [-0.1, -0.05) is 0 Å². The number of aliphatic imine (C=N–C) groups is 2. The van der Waals surface area contributed by atoms with Crippen molar-refractivity contribution in [3.8, 4) is 22.0 Å². The molecule has 0 saturated carbocycles. The number of imidazole rings is 1. The van der Waals surface area contributed by atoms with Gasteiger partial charge in [0.05, 0.1) is 29.1 Å². The van der Waals surface area contributed by atoms with Crippen molar-refractivity contribution in [2.45, 2.75) is 6.92 Å². The standard InChI is InChI=1S/C21H15FN8S/c1-11(6-25-10-23-2)14-5-12-15(9-26-14)29-30-20(12)21-27-16-8-24-7-13(19(16)28-21)17-3-4-18(22)31-17/h3-10H,2H2,1H3,(H,27,28)(H,29,30)/b11-6+,25-10?. The Morgan fingerprint density at radius 2 is 2.13 bits per heavy atom. The van der Waals surface area contributed by atoms with E-state index in [0.717, 1.165) is 49.5 Å². The maximum atomic E-state index is 13.5. The Morgan fingerprint density at radius 1 is 1.23 bits per heavy atom. The molecule has 0 radical (unpaired) electrons. The van der Waals surface area contributed by atoms with Gasteiger partial charge >= 0.3 is 0 Å². The summed E-state index contributed by atoms with van der Waals surface area (Å²) in [7, 11) is 0. The van der Waals surface area contributed by atoms with Crippen molar-refractivity contribution in [3.05, 3.63) is 53.8 Å². The van der Waals surface area contributed by atoms with E-state index < -0.39 is 0 Å². The summed E-state index contributed by atoms with van der Waals surface area (Å²) in [6.45, 7) is 5.28. The minimum Gasteiger partial charge on any atom is -0.335 e. The number of hydrogen-bond acceptors (Lipinski definition) is 6. The quantitative estimate of drug-likeness (QED) is 0.307. The average molecular weight is 430 g/mol. The molecule has 152 valence electrons. The Labute approximate surface area is 179 Å². The fourth-order valence-corrected chi connectivity index (χ4v) is 4.00. The molecule has 2 N–H and O–H groups in total. The first-order valence-corrected chi connectivity index (χ1v) is 10.0. The lowest BCUT2D eigenvalue weighted by atomic mass is 10.1. The lowest BCUT2D eigenvalue weighted by Crippen LogP contribution is -1.87. The molecule has 0 spiro atoms. The molecule has 0 aromatic carbocycles. The van der Waals surface area contributed by atoms with Gasteiger partial charge in [0.1, 0.15) is 17.5 Å². The number of aromatic nitrogens is 6. The van der Waals surface area contributed by atoms with E-state index in [1.807, 2.05) is 13.0 Å². The van der Waals surface area contributed by atoms with Crippen LogP contribution in [0.5, 0.6) is 0 Å². The van der Waals surface area contributed by atoms with Gasteiger partial charge in [-0.3, -0.25) is 20.1 Å². The third kappa shape index (κ3) is 3.42. The number of thiophene rings is 1. The molecule has 5 aromatic heterocycles. The largest absolute Gasteiger partial charge is 0.335 e. The highest BCUT2D eigenvalue weighted by Gasteiger charge is 2.17. The number of rotatable bonds is 5. The Balaban J connectivity index is 1.62. The number of halogens is 1. The van der Waals surface area contributed by atoms with E-state index in [-0.39, 0.29) is 5.13 Å². The number of H-pyrrole nitrogens is 2. The van der Waals surface area contributed by atoms with Gasteiger partial charge in [-0.25, -0.2) is 9.98 Å². The summed E-state index contributed by atoms with van der Waals surface area (Å²) in [5.74, 6) is 0.584. The van der Waals surface area contributed by atoms with E-state index in [1.54, 1.807) is 30.9 Å². The summed E-state index contributed by atoms with van der Waals surface area (Å²) in [6.07, 6.45) is 8.14. The highest BCUT2D eigenvalue weighted by atomic mass is 32.1. The van der Waals surface area contributed by atoms with Crippen molar-refractivity contribution >= 4 is 51.9 Å². The van der Waals surface area contributed by atoms with Crippen LogP contribution in [0, 0.1) is 5.13 Å². The van der Waals surface area contributed by atoms with Gasteiger partial charge in [0.25, 0.3) is 0 Å². The van der Waals surface area contributed by atoms with Crippen LogP contribution in [0.15, 0.2) is 53.0 Å². The Bertz CT molecular complexity index is 1490. The third-order valence-electron chi connectivity index (χ3n) is 4.72. The molecule has 5 aromatic rings. The zero-order valence-corrected chi connectivity index (χ0v) is 17.1. The fourth-order valence-electron chi connectivity index (χ4n) is 3.26. The Kier molecular flexibility index (Phi) is 4.68. The van der Waals surface area contributed by atoms with Crippen LogP contribution < -0.4 is 0 Å². The average Bonchev–Trinajstić information content (AvgIpc) is 3.50. The number of hydrogen-bond donors (Lipinski definition) is 2. The van der Waals surface area contributed by atoms with E-state index in [0.29, 0.717) is 17.0 Å². The first-order chi connectivity index (χ1) is 15.1. The third-order valence-corrected chi connectivity index (χ3v) is 5.63. The van der Waals surface area contributed by atoms with Gasteiger partial charge < -0.3 is 4.98 Å². The first-order valence-electron chi connectivity index (χ1n) is 9.22. The van der Waals surface area contributed by atoms with Crippen LogP contribution in [-0.4, -0.2) is 43.2 Å². The predicted molar refractivity (Wildman–Crippen MR) is 122 cm³/mol. The van der Waals surface area contributed by atoms with Gasteiger partial charge in [0.2, 0.25) is 0 Å². The van der Waals surface area contributed by atoms with Crippen molar-refractivity contribution in [1.82, 2.24) is 30.1 Å². The molecule has 0 fully saturated rings. The van der Waals surface area contributed by atoms with Crippen LogP contribution >= 0.6 is 11.3 Å². The minimum absolute atomic E-state index is 0.252. The highest BCUT2D eigenvalue weighted by Crippen LogP contribution is 2.34. The molecule has 0 atom stereocenters. The summed E-state index contributed by atoms with van der Waals surface area (Å²) in [5.41, 5.74) is 5.27. The fraction of sp³-hybridized carbons (Fsp3) is 0.0476. The second-order valence-electron chi connectivity index (χ2n) is 6.72. The van der Waals surface area contributed by atoms with Crippen molar-refractivity contribution < 1.29 is 4.39 Å². The predicted octanol–water partition coefficient (Wildman–Crippen LogP) is 4.85. The molecule has 0 aliphatic heterocycles. The first kappa shape index (κ1) is 18.9. The maximum absolute atomic E-state index is 13.5. The molecule has 0 amide bonds. The van der Waals surface area contributed by atoms with Gasteiger partial charge in [-0.2, -0.15) is 9.49 Å². The van der Waals surface area contributed by atoms with Crippen LogP contribution in [0.3, 0.4) is 0 Å². The SMILES string of the molecule is C=NC=N/C=C(\C)c1cc2c(-c3nc4c(-c5ccc(F)s5)cncc4[nH]3)n[nH]c2cn1. The van der Waals surface area contributed by atoms with Crippen LogP contribution in [0.25, 0.3) is 49.5 Å². The summed E-state index contributed by atoms with van der Waals surface area (Å²) in [6, 6.07) is 5.09. The van der Waals surface area contributed by atoms with Crippen LogP contribution in [0.4, 0.5) is 4.39 Å². The minimum atomic E-state index is -0.252. The number of allylic oxidation sites excluding steroid dienone is 1. The molecule has 31 heavy (non-hydrogen) atoms. The molecule has 5 heterocycles. The zero-order chi connectivity index (χ0) is 21.4. The molecular weight excluding hydrogens is 415 g/mol. The Morgan fingerprint density at radius 3 is 2.94 bits per heavy atom. The molecule has 0 saturated heterocycles. The van der Waals surface area contributed by atoms with Crippen LogP contribution in [0.1, 0.15) is 12.6 Å². The smallest absolute Gasteiger partial charge is 0.176 e. The molecule has 0 aliphatic carbocycles. The number of nitrogens with one attached hydrogen (secondary N) is 2. The molecular formula is C21H15FN8S. The van der Waals surface area contributed by atoms with Crippen LogP contribution in [0.2, 0.25) is 0 Å². The van der Waals surface area contributed by atoms with Gasteiger partial charge in [-0.15, -0.1) is 11.3 Å². The molecule has 0 unspecified atom stereocenters. The normalized spacial score (nSPS) is 12.4. The van der Waals surface area contributed by atoms with Crippen molar-refractivity contribution in [2.75, 3.05) is 0 Å². The summed E-state index contributed by atoms with van der Waals surface area (Å²) in [5, 5.41) is 8.03. The van der Waals surface area contributed by atoms with Crippen molar-refractivity contribution in [1.29, 1.82) is 0 Å². The van der Waals surface area contributed by atoms with E-state index in [1.165, 1.54) is 12.4 Å². The topological polar surface area (TPSA) is 108 Å². The van der Waals surface area contributed by atoms with Gasteiger partial charge in [0, 0.05) is 28.2 Å². The molecule has 5 rings (SSSR count). The lowest BCUT2D eigenvalue weighted by Gasteiger charge is -2.00. The van der Waals surface area contributed by atoms with E-state index in [4.69, 9.17) is 4.98 Å². The summed E-state index contributed by atoms with van der Waals surface area (Å²) >= 11 is 1.06. The van der Waals surface area contributed by atoms with Gasteiger partial charge in [0.15, 0.2) is 11.0 Å². The van der Waals surface area contributed by atoms with Crippen LogP contribution in [-0.2, 0) is 0 Å². The summed E-state index contributed by atoms with van der Waals surface area (Å²) in [4.78, 5) is 25.2. The maximum Gasteiger partial charge on any atom is 0.176 e. The lowest BCUT2D eigenvalue weighted by molar-refractivity contribution is 0.657. The van der Waals surface area contributed by atoms with E-state index in [9.17, 15) is 4.39 Å². The number of fused-ring (bicyclic) bond motifs is 2. The molecule has 0 bridgehead atoms. The number of nitrogens with zero attached hydrogens (tertiary/aromatic N) is 6. The molecule has 8 nitrogen and oxygen atoms in total. The van der Waals surface area contributed by atoms with E-state index >= 15 is 0 Å². The molecule has 0 aliphatic rings. The highest BCUT2D eigenvalue weighted by molar-refractivity contribution is 7.14. The van der Waals surface area contributed by atoms with Crippen molar-refractivity contribution in [3.63, 3.8) is 0 Å². The van der Waals surface area contributed by atoms with Crippen molar-refractivity contribution in [2.24, 2.45) is 9.98 Å².